The molecule has 1 aromatic carbocycles. The molecular formula is C15H19FN2. The predicted octanol–water partition coefficient (Wildman–Crippen LogP) is 2.50. The number of nitrogens with one attached hydrogen (secondary N) is 1. The molecule has 1 aliphatic heterocycles. The largest absolute Gasteiger partial charge is 0.367 e. The van der Waals surface area contributed by atoms with Crippen LogP contribution in [0.3, 0.4) is 0 Å². The summed E-state index contributed by atoms with van der Waals surface area (Å²) in [6.45, 7) is 6.80. The number of hydrogen-bond acceptors (Lipinski definition) is 2. The van der Waals surface area contributed by atoms with Crippen molar-refractivity contribution < 1.29 is 4.39 Å². The highest BCUT2D eigenvalue weighted by atomic mass is 19.1. The van der Waals surface area contributed by atoms with Crippen LogP contribution < -0.4 is 10.2 Å². The van der Waals surface area contributed by atoms with E-state index in [1.165, 1.54) is 24.0 Å². The molecule has 18 heavy (non-hydrogen) atoms. The summed E-state index contributed by atoms with van der Waals surface area (Å²) in [5, 5.41) is 3.47. The molecular weight excluding hydrogens is 227 g/mol. The van der Waals surface area contributed by atoms with Crippen LogP contribution in [0.5, 0.6) is 0 Å². The first-order valence-electron chi connectivity index (χ1n) is 6.66. The molecule has 1 heterocycles. The quantitative estimate of drug-likeness (QED) is 0.803. The molecule has 0 aromatic heterocycles. The van der Waals surface area contributed by atoms with Crippen molar-refractivity contribution in [3.63, 3.8) is 0 Å². The van der Waals surface area contributed by atoms with Crippen molar-refractivity contribution in [1.29, 1.82) is 0 Å². The van der Waals surface area contributed by atoms with E-state index >= 15 is 0 Å². The first kappa shape index (κ1) is 11.7. The van der Waals surface area contributed by atoms with E-state index in [0.29, 0.717) is 6.04 Å². The van der Waals surface area contributed by atoms with Gasteiger partial charge in [-0.3, -0.25) is 0 Å². The number of nitrogens with zero attached hydrogens (tertiary/aromatic N) is 1. The molecule has 2 aliphatic rings. The Hall–Kier alpha value is -1.35. The van der Waals surface area contributed by atoms with Crippen LogP contribution in [0, 0.1) is 5.82 Å². The van der Waals surface area contributed by atoms with Crippen LogP contribution in [0.4, 0.5) is 10.1 Å². The molecule has 1 fully saturated rings. The first-order valence-corrected chi connectivity index (χ1v) is 6.66. The van der Waals surface area contributed by atoms with Crippen molar-refractivity contribution in [3.05, 3.63) is 41.7 Å². The minimum atomic E-state index is -0.151. The molecule has 1 aromatic rings. The Bertz CT molecular complexity index is 466. The van der Waals surface area contributed by atoms with Gasteiger partial charge in [-0.25, -0.2) is 4.39 Å². The fourth-order valence-corrected chi connectivity index (χ4v) is 2.48. The van der Waals surface area contributed by atoms with Gasteiger partial charge in [0.15, 0.2) is 0 Å². The predicted molar refractivity (Wildman–Crippen MR) is 72.5 cm³/mol. The SMILES string of the molecule is C=C(CNC1CC1)CN1CCc2ccc(F)cc21. The molecule has 0 amide bonds. The Morgan fingerprint density at radius 3 is 3.06 bits per heavy atom. The van der Waals surface area contributed by atoms with Gasteiger partial charge in [-0.15, -0.1) is 0 Å². The maximum Gasteiger partial charge on any atom is 0.125 e. The molecule has 1 N–H and O–H groups in total. The van der Waals surface area contributed by atoms with Crippen molar-refractivity contribution in [2.75, 3.05) is 24.5 Å². The Morgan fingerprint density at radius 1 is 1.44 bits per heavy atom. The zero-order chi connectivity index (χ0) is 12.5. The molecule has 0 saturated heterocycles. The minimum Gasteiger partial charge on any atom is -0.367 e. The molecule has 3 rings (SSSR count). The highest BCUT2D eigenvalue weighted by Gasteiger charge is 2.22. The summed E-state index contributed by atoms with van der Waals surface area (Å²) >= 11 is 0. The average molecular weight is 246 g/mol. The Morgan fingerprint density at radius 2 is 2.28 bits per heavy atom. The van der Waals surface area contributed by atoms with Crippen LogP contribution in [0.15, 0.2) is 30.4 Å². The standard InChI is InChI=1S/C15H19FN2/c1-11(9-17-14-4-5-14)10-18-7-6-12-2-3-13(16)8-15(12)18/h2-3,8,14,17H,1,4-7,9-10H2. The van der Waals surface area contributed by atoms with Gasteiger partial charge in [0.1, 0.15) is 5.82 Å². The van der Waals surface area contributed by atoms with E-state index in [9.17, 15) is 4.39 Å². The number of fused-ring (bicyclic) bond motifs is 1. The maximum absolute atomic E-state index is 13.3. The van der Waals surface area contributed by atoms with E-state index in [1.54, 1.807) is 12.1 Å². The molecule has 1 aliphatic carbocycles. The van der Waals surface area contributed by atoms with Gasteiger partial charge >= 0.3 is 0 Å². The lowest BCUT2D eigenvalue weighted by atomic mass is 10.1. The van der Waals surface area contributed by atoms with E-state index in [-0.39, 0.29) is 5.82 Å². The first-order chi connectivity index (χ1) is 8.72. The van der Waals surface area contributed by atoms with Crippen molar-refractivity contribution in [1.82, 2.24) is 5.32 Å². The lowest BCUT2D eigenvalue weighted by molar-refractivity contribution is 0.627. The van der Waals surface area contributed by atoms with E-state index in [2.05, 4.69) is 16.8 Å². The second-order valence-corrected chi connectivity index (χ2v) is 5.35. The third-order valence-corrected chi connectivity index (χ3v) is 3.67. The van der Waals surface area contributed by atoms with Gasteiger partial charge in [-0.05, 0) is 42.5 Å². The van der Waals surface area contributed by atoms with Crippen molar-refractivity contribution in [2.45, 2.75) is 25.3 Å². The smallest absolute Gasteiger partial charge is 0.125 e. The molecule has 2 nitrogen and oxygen atoms in total. The van der Waals surface area contributed by atoms with Crippen LogP contribution in [0.2, 0.25) is 0 Å². The molecule has 0 radical (unpaired) electrons. The zero-order valence-electron chi connectivity index (χ0n) is 10.6. The lowest BCUT2D eigenvalue weighted by Gasteiger charge is -2.21. The monoisotopic (exact) mass is 246 g/mol. The number of benzene rings is 1. The topological polar surface area (TPSA) is 15.3 Å². The lowest BCUT2D eigenvalue weighted by Crippen LogP contribution is -2.28. The fourth-order valence-electron chi connectivity index (χ4n) is 2.48. The van der Waals surface area contributed by atoms with Gasteiger partial charge in [0.2, 0.25) is 0 Å². The molecule has 96 valence electrons. The van der Waals surface area contributed by atoms with Crippen LogP contribution >= 0.6 is 0 Å². The third kappa shape index (κ3) is 2.56. The minimum absolute atomic E-state index is 0.151. The summed E-state index contributed by atoms with van der Waals surface area (Å²) in [7, 11) is 0. The van der Waals surface area contributed by atoms with Crippen LogP contribution in [0.25, 0.3) is 0 Å². The highest BCUT2D eigenvalue weighted by Crippen LogP contribution is 2.29. The summed E-state index contributed by atoms with van der Waals surface area (Å²) in [6, 6.07) is 5.80. The maximum atomic E-state index is 13.3. The molecule has 1 saturated carbocycles. The van der Waals surface area contributed by atoms with E-state index in [4.69, 9.17) is 0 Å². The second-order valence-electron chi connectivity index (χ2n) is 5.35. The molecule has 0 atom stereocenters. The van der Waals surface area contributed by atoms with Gasteiger partial charge in [0, 0.05) is 31.4 Å². The third-order valence-electron chi connectivity index (χ3n) is 3.67. The van der Waals surface area contributed by atoms with E-state index in [0.717, 1.165) is 31.7 Å². The molecule has 0 spiro atoms. The summed E-state index contributed by atoms with van der Waals surface area (Å²) < 4.78 is 13.3. The summed E-state index contributed by atoms with van der Waals surface area (Å²) in [6.07, 6.45) is 3.61. The van der Waals surface area contributed by atoms with Gasteiger partial charge in [0.05, 0.1) is 0 Å². The average Bonchev–Trinajstić information content (AvgIpc) is 3.11. The summed E-state index contributed by atoms with van der Waals surface area (Å²) in [5.74, 6) is -0.151. The Labute approximate surface area is 107 Å². The molecule has 0 unspecified atom stereocenters. The van der Waals surface area contributed by atoms with E-state index < -0.39 is 0 Å². The van der Waals surface area contributed by atoms with Gasteiger partial charge in [0.25, 0.3) is 0 Å². The number of anilines is 1. The molecule has 3 heteroatoms. The number of hydrogen-bond donors (Lipinski definition) is 1. The van der Waals surface area contributed by atoms with Crippen LogP contribution in [-0.4, -0.2) is 25.7 Å². The van der Waals surface area contributed by atoms with Crippen molar-refractivity contribution >= 4 is 5.69 Å². The number of rotatable bonds is 5. The Kier molecular flexibility index (Phi) is 3.08. The summed E-state index contributed by atoms with van der Waals surface area (Å²) in [4.78, 5) is 2.23. The number of halogens is 1. The normalized spacial score (nSPS) is 17.9. The highest BCUT2D eigenvalue weighted by molar-refractivity contribution is 5.58. The summed E-state index contributed by atoms with van der Waals surface area (Å²) in [5.41, 5.74) is 3.47. The second kappa shape index (κ2) is 4.73. The zero-order valence-corrected chi connectivity index (χ0v) is 10.6. The van der Waals surface area contributed by atoms with E-state index in [1.807, 2.05) is 6.07 Å². The van der Waals surface area contributed by atoms with Crippen molar-refractivity contribution in [2.24, 2.45) is 0 Å². The van der Waals surface area contributed by atoms with Crippen LogP contribution in [-0.2, 0) is 6.42 Å². The molecule has 0 bridgehead atoms. The van der Waals surface area contributed by atoms with Gasteiger partial charge < -0.3 is 10.2 Å². The van der Waals surface area contributed by atoms with Crippen LogP contribution in [0.1, 0.15) is 18.4 Å². The van der Waals surface area contributed by atoms with Gasteiger partial charge in [-0.1, -0.05) is 12.6 Å². The fraction of sp³-hybridized carbons (Fsp3) is 0.467. The van der Waals surface area contributed by atoms with Gasteiger partial charge in [-0.2, -0.15) is 0 Å². The Balaban J connectivity index is 1.60. The van der Waals surface area contributed by atoms with Crippen molar-refractivity contribution in [3.8, 4) is 0 Å².